The zero-order chi connectivity index (χ0) is 13.3. The minimum atomic E-state index is -2.49. The first-order valence-electron chi connectivity index (χ1n) is 5.35. The molecule has 96 valence electrons. The van der Waals surface area contributed by atoms with Crippen molar-refractivity contribution in [2.24, 2.45) is 5.84 Å². The maximum Gasteiger partial charge on any atom is 0.0738 e. The van der Waals surface area contributed by atoms with Gasteiger partial charge in [0.2, 0.25) is 0 Å². The van der Waals surface area contributed by atoms with Crippen LogP contribution >= 0.6 is 0 Å². The van der Waals surface area contributed by atoms with Gasteiger partial charge in [0, 0.05) is 30.6 Å². The summed E-state index contributed by atoms with van der Waals surface area (Å²) in [4.78, 5) is 1.97. The third-order valence-electron chi connectivity index (χ3n) is 2.76. The van der Waals surface area contributed by atoms with Gasteiger partial charge >= 0.3 is 0 Å². The van der Waals surface area contributed by atoms with Crippen molar-refractivity contribution in [1.29, 1.82) is 0 Å². The number of fused-ring (bicyclic) bond motifs is 1. The first kappa shape index (κ1) is 12.8. The lowest BCUT2D eigenvalue weighted by molar-refractivity contribution is 0.533. The third-order valence-corrected chi connectivity index (χ3v) is 3.27. The molecule has 2 N–H and O–H groups in total. The Kier molecular flexibility index (Phi) is 3.51. The summed E-state index contributed by atoms with van der Waals surface area (Å²) in [5.41, 5.74) is 1.48. The van der Waals surface area contributed by atoms with Crippen LogP contribution < -0.4 is 15.2 Å². The van der Waals surface area contributed by atoms with Crippen LogP contribution in [0.2, 0.25) is 0 Å². The second-order valence-corrected chi connectivity index (χ2v) is 4.91. The van der Waals surface area contributed by atoms with E-state index in [1.807, 2.05) is 43.3 Å². The number of anilines is 2. The minimum Gasteiger partial charge on any atom is -0.754 e. The van der Waals surface area contributed by atoms with Crippen LogP contribution in [0.3, 0.4) is 0 Å². The molecular formula is C12H14N3O2S-. The molecule has 18 heavy (non-hydrogen) atoms. The molecule has 1 unspecified atom stereocenters. The van der Waals surface area contributed by atoms with Crippen molar-refractivity contribution < 1.29 is 8.76 Å². The van der Waals surface area contributed by atoms with Crippen LogP contribution in [0.4, 0.5) is 11.4 Å². The van der Waals surface area contributed by atoms with Gasteiger partial charge in [-0.1, -0.05) is 24.3 Å². The van der Waals surface area contributed by atoms with Crippen molar-refractivity contribution >= 4 is 33.4 Å². The van der Waals surface area contributed by atoms with E-state index in [4.69, 9.17) is 5.84 Å². The molecule has 0 aliphatic rings. The number of rotatable bonds is 3. The van der Waals surface area contributed by atoms with Crippen molar-refractivity contribution in [3.63, 3.8) is 0 Å². The van der Waals surface area contributed by atoms with Gasteiger partial charge in [-0.25, -0.2) is 10.3 Å². The Morgan fingerprint density at radius 1 is 1.06 bits per heavy atom. The van der Waals surface area contributed by atoms with Crippen molar-refractivity contribution in [2.75, 3.05) is 23.4 Å². The summed E-state index contributed by atoms with van der Waals surface area (Å²) in [5.74, 6) is 5.54. The maximum absolute atomic E-state index is 11.0. The maximum atomic E-state index is 11.0. The standard InChI is InChI=1S/C12H15N3O2S/c1-14(2)11-7-3-6-10-9(11)5-4-8-12(10)15(13)18(16)17/h3-8H,13H2,1-2H3,(H,16,17)/p-1. The van der Waals surface area contributed by atoms with Gasteiger partial charge in [0.1, 0.15) is 0 Å². The predicted octanol–water partition coefficient (Wildman–Crippen LogP) is 1.38. The Bertz CT molecular complexity index is 601. The third kappa shape index (κ3) is 2.17. The van der Waals surface area contributed by atoms with Gasteiger partial charge in [0.15, 0.2) is 0 Å². The smallest absolute Gasteiger partial charge is 0.0738 e. The topological polar surface area (TPSA) is 72.6 Å². The highest BCUT2D eigenvalue weighted by Crippen LogP contribution is 2.31. The molecule has 0 heterocycles. The van der Waals surface area contributed by atoms with E-state index in [0.717, 1.165) is 20.9 Å². The van der Waals surface area contributed by atoms with Crippen LogP contribution in [0.1, 0.15) is 0 Å². The summed E-state index contributed by atoms with van der Waals surface area (Å²) in [5, 5.41) is 1.76. The Hall–Kier alpha value is -1.63. The first-order valence-corrected chi connectivity index (χ1v) is 6.39. The molecule has 2 aromatic carbocycles. The fourth-order valence-corrected chi connectivity index (χ4v) is 2.26. The van der Waals surface area contributed by atoms with Crippen molar-refractivity contribution in [2.45, 2.75) is 0 Å². The Balaban J connectivity index is 2.71. The van der Waals surface area contributed by atoms with Gasteiger partial charge in [-0.2, -0.15) is 0 Å². The van der Waals surface area contributed by atoms with Crippen molar-refractivity contribution in [1.82, 2.24) is 0 Å². The molecule has 0 aromatic heterocycles. The van der Waals surface area contributed by atoms with Crippen LogP contribution in [0.25, 0.3) is 10.8 Å². The zero-order valence-electron chi connectivity index (χ0n) is 10.2. The molecule has 0 aliphatic carbocycles. The van der Waals surface area contributed by atoms with E-state index in [-0.39, 0.29) is 0 Å². The summed E-state index contributed by atoms with van der Waals surface area (Å²) < 4.78 is 22.6. The number of nitrogens with two attached hydrogens (primary N) is 1. The van der Waals surface area contributed by atoms with E-state index in [9.17, 15) is 8.76 Å². The molecule has 2 rings (SSSR count). The second-order valence-electron chi connectivity index (χ2n) is 4.09. The Labute approximate surface area is 108 Å². The highest BCUT2D eigenvalue weighted by Gasteiger charge is 2.09. The van der Waals surface area contributed by atoms with Gasteiger partial charge in [0.05, 0.1) is 17.0 Å². The molecule has 0 bridgehead atoms. The minimum absolute atomic E-state index is 0.463. The molecule has 0 saturated heterocycles. The first-order chi connectivity index (χ1) is 8.52. The fourth-order valence-electron chi connectivity index (χ4n) is 1.94. The number of hydrogen-bond acceptors (Lipinski definition) is 4. The summed E-state index contributed by atoms with van der Waals surface area (Å²) >= 11 is -2.49. The number of benzene rings is 2. The van der Waals surface area contributed by atoms with E-state index < -0.39 is 11.3 Å². The predicted molar refractivity (Wildman–Crippen MR) is 73.9 cm³/mol. The Morgan fingerprint density at radius 3 is 2.06 bits per heavy atom. The van der Waals surface area contributed by atoms with Gasteiger partial charge < -0.3 is 9.45 Å². The van der Waals surface area contributed by atoms with Gasteiger partial charge in [-0.15, -0.1) is 0 Å². The van der Waals surface area contributed by atoms with Gasteiger partial charge in [0.25, 0.3) is 0 Å². The monoisotopic (exact) mass is 264 g/mol. The lowest BCUT2D eigenvalue weighted by Gasteiger charge is -2.23. The summed E-state index contributed by atoms with van der Waals surface area (Å²) in [6.07, 6.45) is 0. The summed E-state index contributed by atoms with van der Waals surface area (Å²) in [6, 6.07) is 11.1. The SMILES string of the molecule is CN(C)c1cccc2c(N(N)S(=O)[O-])cccc12. The zero-order valence-corrected chi connectivity index (χ0v) is 11.0. The highest BCUT2D eigenvalue weighted by atomic mass is 32.2. The Morgan fingerprint density at radius 2 is 1.56 bits per heavy atom. The molecule has 6 heteroatoms. The van der Waals surface area contributed by atoms with E-state index in [1.165, 1.54) is 0 Å². The van der Waals surface area contributed by atoms with Crippen molar-refractivity contribution in [3.8, 4) is 0 Å². The largest absolute Gasteiger partial charge is 0.754 e. The molecular weight excluding hydrogens is 250 g/mol. The number of hydrazine groups is 1. The van der Waals surface area contributed by atoms with Crippen LogP contribution in [-0.2, 0) is 11.3 Å². The fraction of sp³-hybridized carbons (Fsp3) is 0.167. The van der Waals surface area contributed by atoms with Gasteiger partial charge in [-0.3, -0.25) is 4.21 Å². The quantitative estimate of drug-likeness (QED) is 0.516. The molecule has 0 spiro atoms. The molecule has 0 aliphatic heterocycles. The van der Waals surface area contributed by atoms with E-state index in [1.54, 1.807) is 12.1 Å². The average Bonchev–Trinajstić information content (AvgIpc) is 2.36. The van der Waals surface area contributed by atoms with Crippen LogP contribution in [0, 0.1) is 0 Å². The van der Waals surface area contributed by atoms with Gasteiger partial charge in [-0.05, 0) is 12.1 Å². The van der Waals surface area contributed by atoms with E-state index in [0.29, 0.717) is 5.69 Å². The summed E-state index contributed by atoms with van der Waals surface area (Å²) in [6.45, 7) is 0. The molecule has 0 saturated carbocycles. The molecule has 0 radical (unpaired) electrons. The molecule has 0 fully saturated rings. The summed E-state index contributed by atoms with van der Waals surface area (Å²) in [7, 11) is 3.88. The van der Waals surface area contributed by atoms with Crippen molar-refractivity contribution in [3.05, 3.63) is 36.4 Å². The number of hydrogen-bond donors (Lipinski definition) is 1. The number of nitrogens with zero attached hydrogens (tertiary/aromatic N) is 2. The molecule has 1 atom stereocenters. The molecule has 2 aromatic rings. The second kappa shape index (κ2) is 4.93. The molecule has 5 nitrogen and oxygen atoms in total. The lowest BCUT2D eigenvalue weighted by Crippen LogP contribution is -2.32. The molecule has 0 amide bonds. The highest BCUT2D eigenvalue weighted by molar-refractivity contribution is 7.80. The van der Waals surface area contributed by atoms with E-state index in [2.05, 4.69) is 0 Å². The van der Waals surface area contributed by atoms with Crippen LogP contribution in [0.5, 0.6) is 0 Å². The lowest BCUT2D eigenvalue weighted by atomic mass is 10.1. The normalized spacial score (nSPS) is 12.4. The van der Waals surface area contributed by atoms with Crippen LogP contribution in [0.15, 0.2) is 36.4 Å². The van der Waals surface area contributed by atoms with Crippen LogP contribution in [-0.4, -0.2) is 22.9 Å². The average molecular weight is 264 g/mol. The van der Waals surface area contributed by atoms with E-state index >= 15 is 0 Å².